The Hall–Kier alpha value is -4.55. The summed E-state index contributed by atoms with van der Waals surface area (Å²) in [6, 6.07) is 17.1. The normalized spacial score (nSPS) is 12.1. The van der Waals surface area contributed by atoms with E-state index < -0.39 is 23.6 Å². The summed E-state index contributed by atoms with van der Waals surface area (Å²) in [5.74, 6) is 3.38. The molecule has 0 aliphatic carbocycles. The van der Waals surface area contributed by atoms with Crippen LogP contribution in [0.1, 0.15) is 97.7 Å². The molecule has 0 spiro atoms. The van der Waals surface area contributed by atoms with E-state index >= 15 is 0 Å². The molecule has 49 heavy (non-hydrogen) atoms. The Labute approximate surface area is 290 Å². The van der Waals surface area contributed by atoms with E-state index in [2.05, 4.69) is 29.5 Å². The molecule has 2 N–H and O–H groups in total. The second kappa shape index (κ2) is 20.1. The summed E-state index contributed by atoms with van der Waals surface area (Å²) in [6.07, 6.45) is 3.70. The van der Waals surface area contributed by atoms with E-state index in [9.17, 15) is 23.2 Å². The van der Waals surface area contributed by atoms with Crippen LogP contribution in [0, 0.1) is 29.4 Å². The molecule has 0 fully saturated rings. The van der Waals surface area contributed by atoms with Crippen molar-refractivity contribution in [1.29, 1.82) is 0 Å². The first-order valence-corrected chi connectivity index (χ1v) is 17.3. The van der Waals surface area contributed by atoms with Crippen molar-refractivity contribution < 1.29 is 23.2 Å². The molecule has 0 aromatic heterocycles. The Morgan fingerprint density at radius 1 is 0.816 bits per heavy atom. The van der Waals surface area contributed by atoms with Gasteiger partial charge < -0.3 is 10.2 Å². The van der Waals surface area contributed by atoms with Crippen molar-refractivity contribution in [3.05, 3.63) is 106 Å². The van der Waals surface area contributed by atoms with Crippen LogP contribution in [-0.2, 0) is 17.6 Å². The van der Waals surface area contributed by atoms with Crippen LogP contribution in [0.25, 0.3) is 0 Å². The fourth-order valence-corrected chi connectivity index (χ4v) is 5.78. The zero-order chi connectivity index (χ0) is 35.8. The number of rotatable bonds is 18. The maximum atomic E-state index is 14.3. The fourth-order valence-electron chi connectivity index (χ4n) is 5.78. The highest BCUT2D eigenvalue weighted by atomic mass is 19.1. The number of carbonyl (C=O) groups is 3. The molecular weight excluding hydrogens is 622 g/mol. The smallest absolute Gasteiger partial charge is 0.253 e. The molecule has 0 aliphatic heterocycles. The van der Waals surface area contributed by atoms with Gasteiger partial charge in [0.05, 0.1) is 6.42 Å². The zero-order valence-electron chi connectivity index (χ0n) is 29.5. The molecule has 0 saturated heterocycles. The topological polar surface area (TPSA) is 81.8 Å². The number of hydrogen-bond donors (Lipinski definition) is 2. The Kier molecular flexibility index (Phi) is 15.9. The highest BCUT2D eigenvalue weighted by Crippen LogP contribution is 2.18. The minimum atomic E-state index is -0.705. The molecular formula is C40H50F2N4O3. The highest BCUT2D eigenvalue weighted by molar-refractivity contribution is 6.00. The maximum Gasteiger partial charge on any atom is 0.253 e. The molecule has 0 radical (unpaired) electrons. The number of halogens is 2. The van der Waals surface area contributed by atoms with Gasteiger partial charge in [0.25, 0.3) is 11.8 Å². The predicted octanol–water partition coefficient (Wildman–Crippen LogP) is 6.95. The second-order valence-corrected chi connectivity index (χ2v) is 12.5. The highest BCUT2D eigenvalue weighted by Gasteiger charge is 2.26. The molecule has 3 rings (SSSR count). The van der Waals surface area contributed by atoms with E-state index in [-0.39, 0.29) is 36.1 Å². The van der Waals surface area contributed by atoms with Crippen LogP contribution in [0.4, 0.5) is 8.78 Å². The molecule has 3 aromatic carbocycles. The lowest BCUT2D eigenvalue weighted by atomic mass is 9.93. The summed E-state index contributed by atoms with van der Waals surface area (Å²) in [5.41, 5.74) is 5.48. The molecule has 7 nitrogen and oxygen atoms in total. The van der Waals surface area contributed by atoms with Crippen molar-refractivity contribution in [2.75, 3.05) is 26.2 Å². The van der Waals surface area contributed by atoms with Crippen molar-refractivity contribution in [2.24, 2.45) is 5.92 Å². The van der Waals surface area contributed by atoms with E-state index in [1.165, 1.54) is 12.1 Å². The van der Waals surface area contributed by atoms with Crippen molar-refractivity contribution in [1.82, 2.24) is 20.7 Å². The standard InChI is InChI=1S/C40H50F2N4O3/c1-6-10-19-46(44-38(47)25-30-15-12-11-13-16-30)28-29(5)37(24-32-22-35(41)27-36(42)23-32)43-39(48)33-20-31(14-7-2)21-34(26-33)40(49)45(17-8-3)18-9-4/h11-13,15-16,20-23,26-27,29,37H,6,8-10,17-19,24-25,28H2,1-5H3,(H,43,48)(H,44,47). The predicted molar refractivity (Wildman–Crippen MR) is 191 cm³/mol. The Morgan fingerprint density at radius 2 is 1.47 bits per heavy atom. The number of amides is 3. The van der Waals surface area contributed by atoms with Gasteiger partial charge in [0.1, 0.15) is 11.6 Å². The van der Waals surface area contributed by atoms with E-state index in [4.69, 9.17) is 0 Å². The number of nitrogens with one attached hydrogen (secondary N) is 2. The lowest BCUT2D eigenvalue weighted by molar-refractivity contribution is -0.125. The van der Waals surface area contributed by atoms with E-state index in [1.807, 2.05) is 56.1 Å². The minimum absolute atomic E-state index is 0.141. The van der Waals surface area contributed by atoms with Gasteiger partial charge in [-0.05, 0) is 80.0 Å². The first-order valence-electron chi connectivity index (χ1n) is 17.3. The molecule has 0 bridgehead atoms. The van der Waals surface area contributed by atoms with Gasteiger partial charge in [-0.1, -0.05) is 70.4 Å². The summed E-state index contributed by atoms with van der Waals surface area (Å²) in [5, 5.41) is 4.95. The van der Waals surface area contributed by atoms with Gasteiger partial charge in [-0.25, -0.2) is 13.8 Å². The number of nitrogens with zero attached hydrogens (tertiary/aromatic N) is 2. The largest absolute Gasteiger partial charge is 0.349 e. The van der Waals surface area contributed by atoms with Crippen molar-refractivity contribution >= 4 is 17.7 Å². The number of benzene rings is 3. The van der Waals surface area contributed by atoms with Crippen LogP contribution in [0.15, 0.2) is 66.7 Å². The lowest BCUT2D eigenvalue weighted by Gasteiger charge is -2.31. The van der Waals surface area contributed by atoms with Gasteiger partial charge in [-0.2, -0.15) is 0 Å². The van der Waals surface area contributed by atoms with Crippen molar-refractivity contribution in [3.8, 4) is 11.8 Å². The second-order valence-electron chi connectivity index (χ2n) is 12.5. The number of unbranched alkanes of at least 4 members (excludes halogenated alkanes) is 1. The molecule has 0 saturated carbocycles. The number of hydrogen-bond acceptors (Lipinski definition) is 4. The summed E-state index contributed by atoms with van der Waals surface area (Å²) >= 11 is 0. The molecule has 9 heteroatoms. The van der Waals surface area contributed by atoms with Crippen LogP contribution in [0.2, 0.25) is 0 Å². The molecule has 0 heterocycles. The van der Waals surface area contributed by atoms with Crippen molar-refractivity contribution in [3.63, 3.8) is 0 Å². The average molecular weight is 673 g/mol. The SMILES string of the molecule is CC#Cc1cc(C(=O)NC(Cc2cc(F)cc(F)c2)C(C)CN(CCCC)NC(=O)Cc2ccccc2)cc(C(=O)N(CCC)CCC)c1. The fraction of sp³-hybridized carbons (Fsp3) is 0.425. The first-order chi connectivity index (χ1) is 23.6. The van der Waals surface area contributed by atoms with Gasteiger partial charge in [0, 0.05) is 55.0 Å². The van der Waals surface area contributed by atoms with Crippen LogP contribution < -0.4 is 10.7 Å². The van der Waals surface area contributed by atoms with Crippen LogP contribution in [-0.4, -0.2) is 59.9 Å². The van der Waals surface area contributed by atoms with Crippen LogP contribution >= 0.6 is 0 Å². The molecule has 2 atom stereocenters. The third-order valence-electron chi connectivity index (χ3n) is 8.15. The van der Waals surface area contributed by atoms with Crippen molar-refractivity contribution in [2.45, 2.75) is 79.2 Å². The zero-order valence-corrected chi connectivity index (χ0v) is 29.5. The summed E-state index contributed by atoms with van der Waals surface area (Å²) in [6.45, 7) is 11.9. The van der Waals surface area contributed by atoms with Gasteiger partial charge >= 0.3 is 0 Å². The van der Waals surface area contributed by atoms with E-state index in [1.54, 1.807) is 30.0 Å². The Balaban J connectivity index is 1.92. The molecule has 0 aliphatic rings. The van der Waals surface area contributed by atoms with Gasteiger partial charge in [-0.15, -0.1) is 5.92 Å². The summed E-state index contributed by atoms with van der Waals surface area (Å²) in [4.78, 5) is 42.3. The molecule has 3 aromatic rings. The van der Waals surface area contributed by atoms with Gasteiger partial charge in [0.15, 0.2) is 0 Å². The monoisotopic (exact) mass is 672 g/mol. The lowest BCUT2D eigenvalue weighted by Crippen LogP contribution is -2.50. The van der Waals surface area contributed by atoms with Crippen LogP contribution in [0.3, 0.4) is 0 Å². The van der Waals surface area contributed by atoms with Crippen LogP contribution in [0.5, 0.6) is 0 Å². The summed E-state index contributed by atoms with van der Waals surface area (Å²) in [7, 11) is 0. The number of hydrazine groups is 1. The number of carbonyl (C=O) groups excluding carboxylic acids is 3. The Morgan fingerprint density at radius 3 is 2.08 bits per heavy atom. The Bertz CT molecular complexity index is 1580. The van der Waals surface area contributed by atoms with Gasteiger partial charge in [0.2, 0.25) is 5.91 Å². The maximum absolute atomic E-state index is 14.3. The minimum Gasteiger partial charge on any atom is -0.349 e. The van der Waals surface area contributed by atoms with E-state index in [0.29, 0.717) is 42.9 Å². The average Bonchev–Trinajstić information content (AvgIpc) is 3.06. The molecule has 3 amide bonds. The van der Waals surface area contributed by atoms with E-state index in [0.717, 1.165) is 37.3 Å². The third kappa shape index (κ3) is 12.8. The first kappa shape index (κ1) is 38.9. The summed E-state index contributed by atoms with van der Waals surface area (Å²) < 4.78 is 28.5. The quantitative estimate of drug-likeness (QED) is 0.113. The molecule has 2 unspecified atom stereocenters. The van der Waals surface area contributed by atoms with Gasteiger partial charge in [-0.3, -0.25) is 19.8 Å². The third-order valence-corrected chi connectivity index (χ3v) is 8.15. The molecule has 262 valence electrons.